The summed E-state index contributed by atoms with van der Waals surface area (Å²) in [5.74, 6) is 0.853. The number of aromatic nitrogens is 2. The lowest BCUT2D eigenvalue weighted by atomic mass is 9.92. The summed E-state index contributed by atoms with van der Waals surface area (Å²) in [6.07, 6.45) is 8.19. The first-order chi connectivity index (χ1) is 15.3. The fourth-order valence-electron chi connectivity index (χ4n) is 5.38. The molecule has 0 radical (unpaired) electrons. The third-order valence-electron chi connectivity index (χ3n) is 7.08. The van der Waals surface area contributed by atoms with Gasteiger partial charge in [-0.05, 0) is 43.6 Å². The third kappa shape index (κ3) is 4.47. The number of carbonyl (C=O) groups is 2. The maximum Gasteiger partial charge on any atom is 0.264 e. The standard InChI is InChI=1S/C24H34N4O3S/c1-15-10-16(2)12-27(11-15)19(29)13-28-14-25-22-20(23(28)30)17(3)21(32-22)24(31)26(4)18-8-6-5-7-9-18/h14-16,18H,5-13H2,1-4H3. The minimum absolute atomic E-state index is 0.0121. The van der Waals surface area contributed by atoms with Crippen molar-refractivity contribution in [3.05, 3.63) is 27.1 Å². The molecule has 2 amide bonds. The van der Waals surface area contributed by atoms with Gasteiger partial charge in [0, 0.05) is 26.2 Å². The molecule has 2 unspecified atom stereocenters. The number of thiophene rings is 1. The van der Waals surface area contributed by atoms with Crippen LogP contribution in [0.1, 0.15) is 67.6 Å². The van der Waals surface area contributed by atoms with E-state index in [1.165, 1.54) is 28.7 Å². The van der Waals surface area contributed by atoms with Gasteiger partial charge < -0.3 is 9.80 Å². The van der Waals surface area contributed by atoms with Crippen LogP contribution in [0.4, 0.5) is 0 Å². The molecule has 2 fully saturated rings. The number of amides is 2. The Bertz CT molecular complexity index is 1060. The van der Waals surface area contributed by atoms with E-state index < -0.39 is 0 Å². The summed E-state index contributed by atoms with van der Waals surface area (Å²) < 4.78 is 1.40. The van der Waals surface area contributed by atoms with E-state index in [0.717, 1.165) is 45.2 Å². The number of likely N-dealkylation sites (tertiary alicyclic amines) is 1. The van der Waals surface area contributed by atoms with E-state index in [2.05, 4.69) is 18.8 Å². The zero-order valence-electron chi connectivity index (χ0n) is 19.6. The predicted octanol–water partition coefficient (Wildman–Crippen LogP) is 3.68. The smallest absolute Gasteiger partial charge is 0.264 e. The third-order valence-corrected chi connectivity index (χ3v) is 8.27. The summed E-state index contributed by atoms with van der Waals surface area (Å²) in [4.78, 5) is 48.6. The van der Waals surface area contributed by atoms with Gasteiger partial charge in [0.15, 0.2) is 0 Å². The van der Waals surface area contributed by atoms with Crippen LogP contribution in [0.2, 0.25) is 0 Å². The summed E-state index contributed by atoms with van der Waals surface area (Å²) in [7, 11) is 1.87. The molecule has 32 heavy (non-hydrogen) atoms. The molecule has 4 rings (SSSR count). The largest absolute Gasteiger partial charge is 0.341 e. The second-order valence-electron chi connectivity index (χ2n) is 9.87. The quantitative estimate of drug-likeness (QED) is 0.701. The SMILES string of the molecule is Cc1c(C(=O)N(C)C2CCCCC2)sc2ncn(CC(=O)N3CC(C)CC(C)C3)c(=O)c12. The maximum absolute atomic E-state index is 13.2. The highest BCUT2D eigenvalue weighted by Crippen LogP contribution is 2.30. The zero-order valence-corrected chi connectivity index (χ0v) is 20.4. The molecule has 3 heterocycles. The van der Waals surface area contributed by atoms with Crippen molar-refractivity contribution in [2.45, 2.75) is 71.9 Å². The van der Waals surface area contributed by atoms with E-state index in [1.54, 1.807) is 0 Å². The lowest BCUT2D eigenvalue weighted by Crippen LogP contribution is -2.44. The normalized spacial score (nSPS) is 22.3. The first-order valence-corrected chi connectivity index (χ1v) is 12.6. The molecule has 2 aromatic heterocycles. The Kier molecular flexibility index (Phi) is 6.70. The predicted molar refractivity (Wildman–Crippen MR) is 127 cm³/mol. The van der Waals surface area contributed by atoms with Crippen LogP contribution in [0.25, 0.3) is 10.2 Å². The second-order valence-corrected chi connectivity index (χ2v) is 10.9. The Morgan fingerprint density at radius 2 is 1.81 bits per heavy atom. The first-order valence-electron chi connectivity index (χ1n) is 11.8. The van der Waals surface area contributed by atoms with E-state index >= 15 is 0 Å². The molecule has 8 heteroatoms. The van der Waals surface area contributed by atoms with Crippen molar-refractivity contribution in [2.24, 2.45) is 11.8 Å². The number of carbonyl (C=O) groups excluding carboxylic acids is 2. The lowest BCUT2D eigenvalue weighted by Gasteiger charge is -2.35. The van der Waals surface area contributed by atoms with Gasteiger partial charge in [-0.2, -0.15) is 0 Å². The number of rotatable bonds is 4. The Labute approximate surface area is 193 Å². The molecule has 0 bridgehead atoms. The van der Waals surface area contributed by atoms with Crippen molar-refractivity contribution in [1.82, 2.24) is 19.4 Å². The fourth-order valence-corrected chi connectivity index (χ4v) is 6.50. The Morgan fingerprint density at radius 1 is 1.16 bits per heavy atom. The van der Waals surface area contributed by atoms with Gasteiger partial charge in [-0.3, -0.25) is 19.0 Å². The molecular formula is C24H34N4O3S. The van der Waals surface area contributed by atoms with Crippen molar-refractivity contribution in [2.75, 3.05) is 20.1 Å². The molecule has 1 aliphatic heterocycles. The number of aryl methyl sites for hydroxylation is 1. The minimum Gasteiger partial charge on any atom is -0.341 e. The monoisotopic (exact) mass is 458 g/mol. The summed E-state index contributed by atoms with van der Waals surface area (Å²) in [6.45, 7) is 7.60. The molecule has 1 aliphatic carbocycles. The molecule has 7 nitrogen and oxygen atoms in total. The molecule has 2 aromatic rings. The molecule has 0 N–H and O–H groups in total. The Hall–Kier alpha value is -2.22. The molecule has 2 atom stereocenters. The number of piperidine rings is 1. The summed E-state index contributed by atoms with van der Waals surface area (Å²) in [5, 5.41) is 0.464. The first kappa shape index (κ1) is 23.0. The highest BCUT2D eigenvalue weighted by molar-refractivity contribution is 7.20. The van der Waals surface area contributed by atoms with Crippen LogP contribution in [-0.4, -0.2) is 57.3 Å². The zero-order chi connectivity index (χ0) is 23.0. The molecule has 1 saturated heterocycles. The Morgan fingerprint density at radius 3 is 2.47 bits per heavy atom. The number of nitrogens with zero attached hydrogens (tertiary/aromatic N) is 4. The van der Waals surface area contributed by atoms with E-state index in [1.807, 2.05) is 23.8 Å². The van der Waals surface area contributed by atoms with Crippen molar-refractivity contribution in [3.63, 3.8) is 0 Å². The van der Waals surface area contributed by atoms with Crippen molar-refractivity contribution in [3.8, 4) is 0 Å². The molecular weight excluding hydrogens is 424 g/mol. The van der Waals surface area contributed by atoms with Crippen molar-refractivity contribution < 1.29 is 9.59 Å². The summed E-state index contributed by atoms with van der Waals surface area (Å²) >= 11 is 1.28. The van der Waals surface area contributed by atoms with Crippen LogP contribution in [-0.2, 0) is 11.3 Å². The molecule has 0 spiro atoms. The van der Waals surface area contributed by atoms with Crippen LogP contribution in [0, 0.1) is 18.8 Å². The molecule has 1 saturated carbocycles. The maximum atomic E-state index is 13.2. The highest BCUT2D eigenvalue weighted by Gasteiger charge is 2.28. The highest BCUT2D eigenvalue weighted by atomic mass is 32.1. The van der Waals surface area contributed by atoms with Crippen molar-refractivity contribution >= 4 is 33.4 Å². The molecule has 0 aromatic carbocycles. The molecule has 2 aliphatic rings. The average molecular weight is 459 g/mol. The van der Waals surface area contributed by atoms with Crippen LogP contribution < -0.4 is 5.56 Å². The topological polar surface area (TPSA) is 75.5 Å². The van der Waals surface area contributed by atoms with Crippen LogP contribution in [0.5, 0.6) is 0 Å². The van der Waals surface area contributed by atoms with E-state index in [4.69, 9.17) is 0 Å². The van der Waals surface area contributed by atoms with Gasteiger partial charge in [-0.1, -0.05) is 33.1 Å². The van der Waals surface area contributed by atoms with E-state index in [9.17, 15) is 14.4 Å². The number of fused-ring (bicyclic) bond motifs is 1. The van der Waals surface area contributed by atoms with E-state index in [-0.39, 0.29) is 30.0 Å². The number of hydrogen-bond acceptors (Lipinski definition) is 5. The average Bonchev–Trinajstić information content (AvgIpc) is 3.11. The minimum atomic E-state index is -0.241. The van der Waals surface area contributed by atoms with Crippen LogP contribution in [0.15, 0.2) is 11.1 Å². The number of hydrogen-bond donors (Lipinski definition) is 0. The fraction of sp³-hybridized carbons (Fsp3) is 0.667. The Balaban J connectivity index is 1.57. The van der Waals surface area contributed by atoms with Crippen LogP contribution >= 0.6 is 11.3 Å². The van der Waals surface area contributed by atoms with Gasteiger partial charge in [0.1, 0.15) is 11.4 Å². The van der Waals surface area contributed by atoms with Gasteiger partial charge >= 0.3 is 0 Å². The summed E-state index contributed by atoms with van der Waals surface area (Å²) in [6, 6.07) is 0.262. The van der Waals surface area contributed by atoms with Gasteiger partial charge in [-0.25, -0.2) is 4.98 Å². The van der Waals surface area contributed by atoms with Gasteiger partial charge in [0.2, 0.25) is 5.91 Å². The van der Waals surface area contributed by atoms with Crippen LogP contribution in [0.3, 0.4) is 0 Å². The van der Waals surface area contributed by atoms with Gasteiger partial charge in [0.25, 0.3) is 11.5 Å². The van der Waals surface area contributed by atoms with Gasteiger partial charge in [-0.15, -0.1) is 11.3 Å². The summed E-state index contributed by atoms with van der Waals surface area (Å²) in [5.41, 5.74) is 0.437. The van der Waals surface area contributed by atoms with E-state index in [0.29, 0.717) is 32.5 Å². The lowest BCUT2D eigenvalue weighted by molar-refractivity contribution is -0.134. The second kappa shape index (κ2) is 9.33. The van der Waals surface area contributed by atoms with Gasteiger partial charge in [0.05, 0.1) is 16.6 Å². The molecule has 174 valence electrons. The van der Waals surface area contributed by atoms with Crippen molar-refractivity contribution in [1.29, 1.82) is 0 Å².